The van der Waals surface area contributed by atoms with Gasteiger partial charge in [-0.1, -0.05) is 46.1 Å². The van der Waals surface area contributed by atoms with Gasteiger partial charge in [-0.2, -0.15) is 0 Å². The lowest BCUT2D eigenvalue weighted by Gasteiger charge is -2.28. The Morgan fingerprint density at radius 2 is 1.95 bits per heavy atom. The first-order valence-corrected chi connectivity index (χ1v) is 7.39. The van der Waals surface area contributed by atoms with E-state index in [1.54, 1.807) is 0 Å². The number of rotatable bonds is 6. The SMILES string of the molecule is CCCCCC(C)(C)c1cc(C)c(O)c(C)c1C=[NH+][O-]. The highest BCUT2D eigenvalue weighted by Crippen LogP contribution is 2.36. The summed E-state index contributed by atoms with van der Waals surface area (Å²) < 4.78 is 0. The van der Waals surface area contributed by atoms with Crippen LogP contribution in [0.25, 0.3) is 0 Å². The van der Waals surface area contributed by atoms with Crippen LogP contribution in [0.2, 0.25) is 0 Å². The number of nitrogens with one attached hydrogen (secondary N) is 1. The van der Waals surface area contributed by atoms with Gasteiger partial charge in [-0.05, 0) is 36.8 Å². The Morgan fingerprint density at radius 1 is 1.30 bits per heavy atom. The molecule has 0 aliphatic heterocycles. The Hall–Kier alpha value is -1.51. The van der Waals surface area contributed by atoms with Crippen molar-refractivity contribution in [3.63, 3.8) is 0 Å². The molecule has 1 aromatic carbocycles. The highest BCUT2D eigenvalue weighted by molar-refractivity contribution is 5.82. The van der Waals surface area contributed by atoms with E-state index < -0.39 is 0 Å². The van der Waals surface area contributed by atoms with Crippen molar-refractivity contribution in [2.45, 2.75) is 65.7 Å². The molecule has 3 nitrogen and oxygen atoms in total. The summed E-state index contributed by atoms with van der Waals surface area (Å²) in [4.78, 5) is 0. The molecule has 1 rings (SSSR count). The van der Waals surface area contributed by atoms with Gasteiger partial charge in [0.15, 0.2) is 6.21 Å². The predicted octanol–water partition coefficient (Wildman–Crippen LogP) is 2.86. The van der Waals surface area contributed by atoms with Gasteiger partial charge < -0.3 is 10.3 Å². The molecular weight excluding hydrogens is 250 g/mol. The summed E-state index contributed by atoms with van der Waals surface area (Å²) in [5.41, 5.74) is 3.58. The summed E-state index contributed by atoms with van der Waals surface area (Å²) in [6, 6.07) is 2.01. The molecule has 0 spiro atoms. The van der Waals surface area contributed by atoms with Crippen LogP contribution in [0.3, 0.4) is 0 Å². The zero-order valence-electron chi connectivity index (χ0n) is 13.3. The van der Waals surface area contributed by atoms with Crippen molar-refractivity contribution in [2.24, 2.45) is 0 Å². The molecule has 0 heterocycles. The van der Waals surface area contributed by atoms with Crippen molar-refractivity contribution >= 4 is 6.21 Å². The highest BCUT2D eigenvalue weighted by atomic mass is 16.4. The van der Waals surface area contributed by atoms with Crippen molar-refractivity contribution < 1.29 is 10.3 Å². The second kappa shape index (κ2) is 6.78. The fraction of sp³-hybridized carbons (Fsp3) is 0.588. The third-order valence-corrected chi connectivity index (χ3v) is 4.12. The molecule has 1 aromatic rings. The van der Waals surface area contributed by atoms with Gasteiger partial charge in [-0.15, -0.1) is 0 Å². The van der Waals surface area contributed by atoms with Crippen LogP contribution < -0.4 is 5.16 Å². The van der Waals surface area contributed by atoms with Gasteiger partial charge in [0, 0.05) is 11.1 Å². The van der Waals surface area contributed by atoms with E-state index in [4.69, 9.17) is 0 Å². The van der Waals surface area contributed by atoms with Gasteiger partial charge in [0.25, 0.3) is 0 Å². The smallest absolute Gasteiger partial charge is 0.180 e. The topological polar surface area (TPSA) is 57.3 Å². The minimum Gasteiger partial charge on any atom is -0.625 e. The van der Waals surface area contributed by atoms with Crippen molar-refractivity contribution in [3.05, 3.63) is 33.5 Å². The molecule has 0 aliphatic carbocycles. The van der Waals surface area contributed by atoms with Crippen LogP contribution in [0.15, 0.2) is 6.07 Å². The number of phenols is 1. The number of hydrogen-bond acceptors (Lipinski definition) is 2. The fourth-order valence-electron chi connectivity index (χ4n) is 2.74. The van der Waals surface area contributed by atoms with Crippen molar-refractivity contribution in [1.82, 2.24) is 0 Å². The Kier molecular flexibility index (Phi) is 5.61. The van der Waals surface area contributed by atoms with E-state index in [0.717, 1.165) is 28.7 Å². The van der Waals surface area contributed by atoms with Gasteiger partial charge in [-0.25, -0.2) is 5.16 Å². The van der Waals surface area contributed by atoms with Gasteiger partial charge in [0.1, 0.15) is 5.75 Å². The Morgan fingerprint density at radius 3 is 2.50 bits per heavy atom. The number of unbranched alkanes of at least 4 members (excludes halogenated alkanes) is 2. The molecule has 0 saturated carbocycles. The first-order chi connectivity index (χ1) is 9.35. The minimum absolute atomic E-state index is 0.0128. The normalized spacial score (nSPS) is 12.2. The third kappa shape index (κ3) is 3.53. The summed E-state index contributed by atoms with van der Waals surface area (Å²) in [5.74, 6) is 0.277. The van der Waals surface area contributed by atoms with E-state index in [1.807, 2.05) is 25.1 Å². The average Bonchev–Trinajstić information content (AvgIpc) is 2.39. The van der Waals surface area contributed by atoms with Gasteiger partial charge >= 0.3 is 0 Å². The Labute approximate surface area is 122 Å². The van der Waals surface area contributed by atoms with Crippen molar-refractivity contribution in [1.29, 1.82) is 0 Å². The maximum atomic E-state index is 10.8. The lowest BCUT2D eigenvalue weighted by molar-refractivity contribution is -0.366. The van der Waals surface area contributed by atoms with Crippen LogP contribution in [-0.4, -0.2) is 11.3 Å². The highest BCUT2D eigenvalue weighted by Gasteiger charge is 2.26. The van der Waals surface area contributed by atoms with Crippen LogP contribution in [0.4, 0.5) is 0 Å². The standard InChI is InChI=1S/C17H27NO2/c1-6-7-8-9-17(4,5)15-10-12(2)16(19)13(3)14(15)11-18-20/h10-11,18H,6-9H2,1-5H3,(H-,19,20). The summed E-state index contributed by atoms with van der Waals surface area (Å²) in [7, 11) is 0. The molecule has 0 aliphatic rings. The quantitative estimate of drug-likeness (QED) is 0.363. The lowest BCUT2D eigenvalue weighted by atomic mass is 9.76. The maximum absolute atomic E-state index is 10.8. The van der Waals surface area contributed by atoms with Crippen molar-refractivity contribution in [3.8, 4) is 5.75 Å². The van der Waals surface area contributed by atoms with Crippen LogP contribution >= 0.6 is 0 Å². The van der Waals surface area contributed by atoms with Gasteiger partial charge in [-0.3, -0.25) is 0 Å². The molecule has 0 bridgehead atoms. The molecule has 0 saturated heterocycles. The van der Waals surface area contributed by atoms with E-state index in [-0.39, 0.29) is 11.2 Å². The average molecular weight is 277 g/mol. The summed E-state index contributed by atoms with van der Waals surface area (Å²) in [5, 5.41) is 22.7. The molecule has 0 amide bonds. The monoisotopic (exact) mass is 277 g/mol. The Bertz CT molecular complexity index is 490. The molecule has 2 N–H and O–H groups in total. The van der Waals surface area contributed by atoms with E-state index in [0.29, 0.717) is 0 Å². The molecule has 0 atom stereocenters. The van der Waals surface area contributed by atoms with E-state index >= 15 is 0 Å². The lowest BCUT2D eigenvalue weighted by Crippen LogP contribution is -2.60. The fourth-order valence-corrected chi connectivity index (χ4v) is 2.74. The first-order valence-electron chi connectivity index (χ1n) is 7.39. The molecule has 20 heavy (non-hydrogen) atoms. The molecule has 0 aromatic heterocycles. The number of aromatic hydroxyl groups is 1. The number of benzene rings is 1. The molecular formula is C17H27NO2. The minimum atomic E-state index is -0.0128. The molecule has 3 heteroatoms. The third-order valence-electron chi connectivity index (χ3n) is 4.12. The van der Waals surface area contributed by atoms with E-state index in [2.05, 4.69) is 20.8 Å². The summed E-state index contributed by atoms with van der Waals surface area (Å²) >= 11 is 0. The van der Waals surface area contributed by atoms with Gasteiger partial charge in [0.05, 0.1) is 0 Å². The van der Waals surface area contributed by atoms with E-state index in [9.17, 15) is 10.3 Å². The molecule has 0 fully saturated rings. The zero-order chi connectivity index (χ0) is 15.3. The Balaban J connectivity index is 3.28. The largest absolute Gasteiger partial charge is 0.625 e. The van der Waals surface area contributed by atoms with E-state index in [1.165, 1.54) is 25.5 Å². The second-order valence-electron chi connectivity index (χ2n) is 6.23. The predicted molar refractivity (Wildman–Crippen MR) is 84.2 cm³/mol. The van der Waals surface area contributed by atoms with Crippen LogP contribution in [0.1, 0.15) is 68.7 Å². The second-order valence-corrected chi connectivity index (χ2v) is 6.23. The van der Waals surface area contributed by atoms with Gasteiger partial charge in [0.2, 0.25) is 0 Å². The maximum Gasteiger partial charge on any atom is 0.180 e. The summed E-state index contributed by atoms with van der Waals surface area (Å²) in [6.45, 7) is 10.4. The first kappa shape index (κ1) is 16.5. The zero-order valence-corrected chi connectivity index (χ0v) is 13.3. The number of hydrogen-bond donors (Lipinski definition) is 2. The summed E-state index contributed by atoms with van der Waals surface area (Å²) in [6.07, 6.45) is 6.12. The molecule has 112 valence electrons. The number of aryl methyl sites for hydroxylation is 1. The number of phenolic OH excluding ortho intramolecular Hbond substituents is 1. The van der Waals surface area contributed by atoms with Crippen LogP contribution in [-0.2, 0) is 5.41 Å². The van der Waals surface area contributed by atoms with Crippen LogP contribution in [0.5, 0.6) is 5.75 Å². The van der Waals surface area contributed by atoms with Crippen LogP contribution in [0, 0.1) is 19.1 Å². The molecule has 0 radical (unpaired) electrons. The van der Waals surface area contributed by atoms with Crippen molar-refractivity contribution in [2.75, 3.05) is 0 Å². The molecule has 0 unspecified atom stereocenters.